The fraction of sp³-hybridized carbons (Fsp3) is 0.333. The fourth-order valence-electron chi connectivity index (χ4n) is 1.92. The highest BCUT2D eigenvalue weighted by Crippen LogP contribution is 2.39. The second kappa shape index (κ2) is 7.60. The molecule has 0 N–H and O–H groups in total. The first-order valence-electron chi connectivity index (χ1n) is 6.58. The van der Waals surface area contributed by atoms with Gasteiger partial charge < -0.3 is 14.2 Å². The second-order valence-corrected chi connectivity index (χ2v) is 6.66. The van der Waals surface area contributed by atoms with Crippen LogP contribution in [0.2, 0.25) is 0 Å². The minimum Gasteiger partial charge on any atom is -0.493 e. The third kappa shape index (κ3) is 3.59. The van der Waals surface area contributed by atoms with E-state index in [2.05, 4.69) is 4.99 Å². The zero-order chi connectivity index (χ0) is 16.1. The van der Waals surface area contributed by atoms with E-state index in [1.807, 2.05) is 6.92 Å². The summed E-state index contributed by atoms with van der Waals surface area (Å²) < 4.78 is 16.7. The van der Waals surface area contributed by atoms with Gasteiger partial charge in [-0.3, -0.25) is 4.79 Å². The van der Waals surface area contributed by atoms with Crippen LogP contribution in [-0.4, -0.2) is 36.6 Å². The van der Waals surface area contributed by atoms with Crippen molar-refractivity contribution in [3.8, 4) is 17.2 Å². The maximum Gasteiger partial charge on any atom is 0.244 e. The first kappa shape index (κ1) is 16.8. The van der Waals surface area contributed by atoms with Gasteiger partial charge in [0.1, 0.15) is 10.1 Å². The molecule has 0 saturated carbocycles. The van der Waals surface area contributed by atoms with Crippen LogP contribution in [0.5, 0.6) is 17.2 Å². The number of hydrogen-bond donors (Lipinski definition) is 0. The molecule has 0 aromatic heterocycles. The molecular weight excluding hydrogens is 322 g/mol. The molecule has 1 aliphatic rings. The van der Waals surface area contributed by atoms with Gasteiger partial charge >= 0.3 is 0 Å². The van der Waals surface area contributed by atoms with E-state index >= 15 is 0 Å². The van der Waals surface area contributed by atoms with Crippen LogP contribution >= 0.6 is 23.5 Å². The molecule has 0 atom stereocenters. The maximum absolute atomic E-state index is 12.0. The largest absolute Gasteiger partial charge is 0.493 e. The van der Waals surface area contributed by atoms with E-state index in [4.69, 9.17) is 14.2 Å². The molecule has 0 saturated heterocycles. The van der Waals surface area contributed by atoms with Crippen LogP contribution in [0.3, 0.4) is 0 Å². The minimum absolute atomic E-state index is 0.0512. The molecule has 0 radical (unpaired) electrons. The minimum atomic E-state index is -0.0512. The number of ether oxygens (including phenoxy) is 3. The number of thioether (sulfide) groups is 2. The summed E-state index contributed by atoms with van der Waals surface area (Å²) in [6.07, 6.45) is 1.73. The van der Waals surface area contributed by atoms with Gasteiger partial charge in [0, 0.05) is 0 Å². The molecule has 1 aromatic carbocycles. The van der Waals surface area contributed by atoms with Crippen LogP contribution < -0.4 is 14.2 Å². The van der Waals surface area contributed by atoms with Crippen LogP contribution in [0.1, 0.15) is 12.5 Å². The van der Waals surface area contributed by atoms with Gasteiger partial charge in [0.05, 0.1) is 21.3 Å². The summed E-state index contributed by atoms with van der Waals surface area (Å²) in [7, 11) is 4.66. The summed E-state index contributed by atoms with van der Waals surface area (Å²) in [5, 5.41) is -0.0512. The Bertz CT molecular complexity index is 615. The number of hydrogen-bond acceptors (Lipinski definition) is 7. The highest BCUT2D eigenvalue weighted by atomic mass is 32.2. The average Bonchev–Trinajstić information content (AvgIpc) is 2.86. The number of carbonyl (C=O) groups is 1. The second-order valence-electron chi connectivity index (χ2n) is 4.19. The van der Waals surface area contributed by atoms with Crippen molar-refractivity contribution in [1.29, 1.82) is 0 Å². The third-order valence-electron chi connectivity index (χ3n) is 2.86. The Balaban J connectivity index is 2.41. The van der Waals surface area contributed by atoms with Gasteiger partial charge in [0.25, 0.3) is 0 Å². The van der Waals surface area contributed by atoms with Crippen LogP contribution in [0.25, 0.3) is 6.08 Å². The van der Waals surface area contributed by atoms with Crippen LogP contribution in [0.4, 0.5) is 0 Å². The van der Waals surface area contributed by atoms with Crippen molar-refractivity contribution in [2.75, 3.05) is 27.1 Å². The van der Waals surface area contributed by atoms with Gasteiger partial charge in [-0.2, -0.15) is 0 Å². The van der Waals surface area contributed by atoms with E-state index in [0.717, 1.165) is 27.5 Å². The summed E-state index contributed by atoms with van der Waals surface area (Å²) in [5.41, 5.74) is 1.19. The van der Waals surface area contributed by atoms with Crippen molar-refractivity contribution in [2.24, 2.45) is 4.99 Å². The molecule has 7 heteroatoms. The van der Waals surface area contributed by atoms with E-state index < -0.39 is 0 Å². The van der Waals surface area contributed by atoms with Crippen LogP contribution in [-0.2, 0) is 4.79 Å². The summed E-state index contributed by atoms with van der Waals surface area (Å²) in [5.74, 6) is 2.49. The molecule has 0 aliphatic carbocycles. The normalized spacial score (nSPS) is 15.9. The Morgan fingerprint density at radius 1 is 1.18 bits per heavy atom. The molecule has 1 heterocycles. The maximum atomic E-state index is 12.0. The number of benzene rings is 1. The van der Waals surface area contributed by atoms with E-state index in [9.17, 15) is 4.79 Å². The monoisotopic (exact) mass is 339 g/mol. The lowest BCUT2D eigenvalue weighted by Gasteiger charge is -2.12. The van der Waals surface area contributed by atoms with Crippen molar-refractivity contribution in [3.63, 3.8) is 0 Å². The van der Waals surface area contributed by atoms with E-state index in [0.29, 0.717) is 22.9 Å². The number of nitrogens with zero attached hydrogens (tertiary/aromatic N) is 1. The third-order valence-corrected chi connectivity index (χ3v) is 4.75. The van der Waals surface area contributed by atoms with Crippen molar-refractivity contribution >= 4 is 39.1 Å². The van der Waals surface area contributed by atoms with Crippen molar-refractivity contribution < 1.29 is 19.0 Å². The smallest absolute Gasteiger partial charge is 0.244 e. The molecular formula is C15H17NO4S2. The molecule has 118 valence electrons. The van der Waals surface area contributed by atoms with Crippen molar-refractivity contribution in [1.82, 2.24) is 0 Å². The molecule has 2 rings (SSSR count). The molecule has 5 nitrogen and oxygen atoms in total. The Hall–Kier alpha value is -1.60. The molecule has 0 fully saturated rings. The molecule has 1 aromatic rings. The van der Waals surface area contributed by atoms with Gasteiger partial charge in [0.15, 0.2) is 11.5 Å². The Labute approximate surface area is 138 Å². The SMILES string of the molecule is CCSC1=NC(=Cc2cc(OC)c(OC)c(OC)c2)C(=O)S1. The van der Waals surface area contributed by atoms with E-state index in [-0.39, 0.29) is 5.12 Å². The number of aliphatic imine (C=N–C) groups is 1. The van der Waals surface area contributed by atoms with E-state index in [1.54, 1.807) is 51.3 Å². The average molecular weight is 339 g/mol. The number of rotatable bonds is 5. The highest BCUT2D eigenvalue weighted by molar-refractivity contribution is 8.45. The number of carbonyl (C=O) groups excluding carboxylic acids is 1. The van der Waals surface area contributed by atoms with Crippen LogP contribution in [0, 0.1) is 0 Å². The van der Waals surface area contributed by atoms with Gasteiger partial charge in [0.2, 0.25) is 10.9 Å². The molecule has 0 spiro atoms. The zero-order valence-corrected chi connectivity index (χ0v) is 14.5. The van der Waals surface area contributed by atoms with Crippen molar-refractivity contribution in [3.05, 3.63) is 23.4 Å². The Morgan fingerprint density at radius 2 is 1.82 bits per heavy atom. The van der Waals surface area contributed by atoms with Crippen molar-refractivity contribution in [2.45, 2.75) is 6.92 Å². The highest BCUT2D eigenvalue weighted by Gasteiger charge is 2.22. The van der Waals surface area contributed by atoms with Gasteiger partial charge in [-0.15, -0.1) is 0 Å². The molecule has 22 heavy (non-hydrogen) atoms. The molecule has 0 amide bonds. The zero-order valence-electron chi connectivity index (χ0n) is 12.8. The van der Waals surface area contributed by atoms with Gasteiger partial charge in [-0.25, -0.2) is 4.99 Å². The predicted octanol–water partition coefficient (Wildman–Crippen LogP) is 3.44. The Kier molecular flexibility index (Phi) is 5.79. The molecule has 0 bridgehead atoms. The molecule has 1 aliphatic heterocycles. The molecule has 0 unspecified atom stereocenters. The quantitative estimate of drug-likeness (QED) is 0.766. The van der Waals surface area contributed by atoms with Gasteiger partial charge in [-0.1, -0.05) is 18.7 Å². The summed E-state index contributed by atoms with van der Waals surface area (Å²) >= 11 is 2.72. The summed E-state index contributed by atoms with van der Waals surface area (Å²) in [6, 6.07) is 3.57. The lowest BCUT2D eigenvalue weighted by Crippen LogP contribution is -1.96. The Morgan fingerprint density at radius 3 is 2.32 bits per heavy atom. The summed E-state index contributed by atoms with van der Waals surface area (Å²) in [4.78, 5) is 16.3. The van der Waals surface area contributed by atoms with Crippen LogP contribution in [0.15, 0.2) is 22.8 Å². The predicted molar refractivity (Wildman–Crippen MR) is 92.2 cm³/mol. The standard InChI is InChI=1S/C15H17NO4S2/c1-5-21-15-16-10(14(17)22-15)6-9-7-11(18-2)13(20-4)12(8-9)19-3/h6-8H,5H2,1-4H3. The first-order valence-corrected chi connectivity index (χ1v) is 8.38. The van der Waals surface area contributed by atoms with E-state index in [1.165, 1.54) is 0 Å². The summed E-state index contributed by atoms with van der Waals surface area (Å²) in [6.45, 7) is 2.03. The fourth-order valence-corrected chi connectivity index (χ4v) is 3.66. The van der Waals surface area contributed by atoms with Gasteiger partial charge in [-0.05, 0) is 41.3 Å². The lowest BCUT2D eigenvalue weighted by molar-refractivity contribution is -0.107. The first-order chi connectivity index (χ1) is 10.6. The topological polar surface area (TPSA) is 57.1 Å². The lowest BCUT2D eigenvalue weighted by atomic mass is 10.1. The number of methoxy groups -OCH3 is 3.